The van der Waals surface area contributed by atoms with Crippen LogP contribution in [0.2, 0.25) is 0 Å². The summed E-state index contributed by atoms with van der Waals surface area (Å²) in [6.07, 6.45) is 1.20. The number of nitrogen functional groups attached to an aromatic ring is 1. The van der Waals surface area contributed by atoms with Crippen LogP contribution in [0.5, 0.6) is 0 Å². The summed E-state index contributed by atoms with van der Waals surface area (Å²) in [4.78, 5) is 13.8. The van der Waals surface area contributed by atoms with E-state index in [9.17, 15) is 9.18 Å². The third-order valence-corrected chi connectivity index (χ3v) is 4.26. The van der Waals surface area contributed by atoms with Crippen molar-refractivity contribution in [1.29, 1.82) is 0 Å². The van der Waals surface area contributed by atoms with Crippen LogP contribution in [0.1, 0.15) is 45.2 Å². The third-order valence-electron chi connectivity index (χ3n) is 4.26. The van der Waals surface area contributed by atoms with Crippen molar-refractivity contribution in [2.75, 3.05) is 18.8 Å². The number of benzene rings is 1. The number of carbonyl (C=O) groups is 1. The van der Waals surface area contributed by atoms with Crippen molar-refractivity contribution in [1.82, 2.24) is 15.1 Å². The number of halogens is 1. The first-order valence-electron chi connectivity index (χ1n) is 8.43. The number of carbonyl (C=O) groups excluding carboxylic acids is 1. The zero-order chi connectivity index (χ0) is 18.2. The second-order valence-electron chi connectivity index (χ2n) is 7.45. The van der Waals surface area contributed by atoms with Crippen LogP contribution < -0.4 is 5.73 Å². The van der Waals surface area contributed by atoms with Gasteiger partial charge in [-0.1, -0.05) is 0 Å². The van der Waals surface area contributed by atoms with E-state index in [0.717, 1.165) is 18.5 Å². The summed E-state index contributed by atoms with van der Waals surface area (Å²) < 4.78 is 19.5. The predicted octanol–water partition coefficient (Wildman–Crippen LogP) is 3.47. The normalized spacial score (nSPS) is 16.2. The Hall–Kier alpha value is -2.44. The molecule has 0 spiro atoms. The summed E-state index contributed by atoms with van der Waals surface area (Å²) in [5, 5.41) is 8.77. The quantitative estimate of drug-likeness (QED) is 0.800. The summed E-state index contributed by atoms with van der Waals surface area (Å²) in [6.45, 7) is 6.73. The van der Waals surface area contributed by atoms with Crippen LogP contribution in [0.25, 0.3) is 10.9 Å². The Labute approximate surface area is 146 Å². The van der Waals surface area contributed by atoms with Crippen molar-refractivity contribution in [2.45, 2.75) is 45.1 Å². The molecule has 1 amide bonds. The van der Waals surface area contributed by atoms with Crippen molar-refractivity contribution < 1.29 is 13.9 Å². The van der Waals surface area contributed by atoms with Gasteiger partial charge in [0.2, 0.25) is 0 Å². The lowest BCUT2D eigenvalue weighted by molar-refractivity contribution is 0.0204. The molecule has 0 aliphatic carbocycles. The zero-order valence-electron chi connectivity index (χ0n) is 14.8. The molecule has 1 aromatic carbocycles. The standard InChI is InChI=1S/C18H23FN4O2/c1-18(2,3)25-17(24)23-6-4-11(5-7-23)15-10-13-14(19)8-12(20)9-16(13)22-21-15/h8-11H,4-7,20H2,1-3H3. The maximum Gasteiger partial charge on any atom is 0.410 e. The Morgan fingerprint density at radius 3 is 2.56 bits per heavy atom. The number of amides is 1. The number of nitrogens with zero attached hydrogens (tertiary/aromatic N) is 3. The van der Waals surface area contributed by atoms with E-state index in [0.29, 0.717) is 29.7 Å². The highest BCUT2D eigenvalue weighted by Crippen LogP contribution is 2.29. The van der Waals surface area contributed by atoms with Crippen LogP contribution in [0.3, 0.4) is 0 Å². The summed E-state index contributed by atoms with van der Waals surface area (Å²) in [6, 6.07) is 4.64. The van der Waals surface area contributed by atoms with Crippen LogP contribution in [0.4, 0.5) is 14.9 Å². The second kappa shape index (κ2) is 6.46. The van der Waals surface area contributed by atoms with Crippen LogP contribution in [0, 0.1) is 5.82 Å². The monoisotopic (exact) mass is 346 g/mol. The van der Waals surface area contributed by atoms with E-state index in [1.807, 2.05) is 20.8 Å². The molecule has 1 saturated heterocycles. The molecular weight excluding hydrogens is 323 g/mol. The number of anilines is 1. The molecule has 134 valence electrons. The van der Waals surface area contributed by atoms with E-state index in [4.69, 9.17) is 10.5 Å². The minimum Gasteiger partial charge on any atom is -0.444 e. The first-order valence-corrected chi connectivity index (χ1v) is 8.43. The van der Waals surface area contributed by atoms with Gasteiger partial charge in [-0.25, -0.2) is 9.18 Å². The molecule has 25 heavy (non-hydrogen) atoms. The predicted molar refractivity (Wildman–Crippen MR) is 93.7 cm³/mol. The molecule has 2 N–H and O–H groups in total. The van der Waals surface area contributed by atoms with Gasteiger partial charge in [0, 0.05) is 30.1 Å². The lowest BCUT2D eigenvalue weighted by Gasteiger charge is -2.33. The Morgan fingerprint density at radius 2 is 1.92 bits per heavy atom. The molecule has 6 nitrogen and oxygen atoms in total. The van der Waals surface area contributed by atoms with Crippen LogP contribution in [0.15, 0.2) is 18.2 Å². The maximum absolute atomic E-state index is 14.1. The van der Waals surface area contributed by atoms with Gasteiger partial charge >= 0.3 is 6.09 Å². The number of aromatic nitrogens is 2. The zero-order valence-corrected chi connectivity index (χ0v) is 14.8. The molecule has 0 bridgehead atoms. The average Bonchev–Trinajstić information content (AvgIpc) is 2.53. The summed E-state index contributed by atoms with van der Waals surface area (Å²) >= 11 is 0. The van der Waals surface area contributed by atoms with Crippen molar-refractivity contribution in [3.63, 3.8) is 0 Å². The highest BCUT2D eigenvalue weighted by Gasteiger charge is 2.28. The van der Waals surface area contributed by atoms with E-state index >= 15 is 0 Å². The molecule has 1 aromatic heterocycles. The van der Waals surface area contributed by atoms with Crippen LogP contribution in [-0.2, 0) is 4.74 Å². The van der Waals surface area contributed by atoms with E-state index < -0.39 is 11.4 Å². The number of nitrogens with two attached hydrogens (primary N) is 1. The number of ether oxygens (including phenoxy) is 1. The van der Waals surface area contributed by atoms with Crippen molar-refractivity contribution in [2.24, 2.45) is 0 Å². The van der Waals surface area contributed by atoms with Gasteiger partial charge in [0.15, 0.2) is 0 Å². The molecule has 0 radical (unpaired) electrons. The molecule has 1 aliphatic rings. The van der Waals surface area contributed by atoms with Gasteiger partial charge in [0.05, 0.1) is 11.2 Å². The fraction of sp³-hybridized carbons (Fsp3) is 0.500. The number of fused-ring (bicyclic) bond motifs is 1. The first kappa shape index (κ1) is 17.4. The van der Waals surface area contributed by atoms with Gasteiger partial charge in [0.25, 0.3) is 0 Å². The van der Waals surface area contributed by atoms with E-state index in [1.54, 1.807) is 17.0 Å². The fourth-order valence-corrected chi connectivity index (χ4v) is 3.02. The topological polar surface area (TPSA) is 81.3 Å². The summed E-state index contributed by atoms with van der Waals surface area (Å²) in [7, 11) is 0. The Bertz CT molecular complexity index is 795. The van der Waals surface area contributed by atoms with E-state index in [2.05, 4.69) is 10.2 Å². The van der Waals surface area contributed by atoms with Gasteiger partial charge in [-0.15, -0.1) is 0 Å². The molecule has 0 unspecified atom stereocenters. The van der Waals surface area contributed by atoms with Gasteiger partial charge < -0.3 is 15.4 Å². The van der Waals surface area contributed by atoms with E-state index in [1.165, 1.54) is 6.07 Å². The highest BCUT2D eigenvalue weighted by molar-refractivity contribution is 5.82. The molecule has 1 fully saturated rings. The third kappa shape index (κ3) is 3.97. The average molecular weight is 346 g/mol. The molecular formula is C18H23FN4O2. The van der Waals surface area contributed by atoms with Crippen molar-refractivity contribution in [3.8, 4) is 0 Å². The SMILES string of the molecule is CC(C)(C)OC(=O)N1CCC(c2cc3c(F)cc(N)cc3nn2)CC1. The molecule has 3 rings (SSSR count). The summed E-state index contributed by atoms with van der Waals surface area (Å²) in [5.74, 6) is -0.245. The lowest BCUT2D eigenvalue weighted by atomic mass is 9.93. The van der Waals surface area contributed by atoms with Gasteiger partial charge in [-0.05, 0) is 51.8 Å². The highest BCUT2D eigenvalue weighted by atomic mass is 19.1. The van der Waals surface area contributed by atoms with E-state index in [-0.39, 0.29) is 12.0 Å². The molecule has 0 saturated carbocycles. The number of hydrogen-bond acceptors (Lipinski definition) is 5. The molecule has 2 aromatic rings. The Kier molecular flexibility index (Phi) is 4.49. The molecule has 7 heteroatoms. The largest absolute Gasteiger partial charge is 0.444 e. The second-order valence-corrected chi connectivity index (χ2v) is 7.45. The first-order chi connectivity index (χ1) is 11.7. The molecule has 2 heterocycles. The van der Waals surface area contributed by atoms with Crippen molar-refractivity contribution >= 4 is 22.7 Å². The van der Waals surface area contributed by atoms with Gasteiger partial charge in [0.1, 0.15) is 11.4 Å². The van der Waals surface area contributed by atoms with Crippen LogP contribution in [-0.4, -0.2) is 39.9 Å². The maximum atomic E-state index is 14.1. The Morgan fingerprint density at radius 1 is 1.24 bits per heavy atom. The van der Waals surface area contributed by atoms with Gasteiger partial charge in [-0.2, -0.15) is 10.2 Å². The molecule has 0 atom stereocenters. The van der Waals surface area contributed by atoms with Crippen LogP contribution >= 0.6 is 0 Å². The Balaban J connectivity index is 1.71. The molecule has 1 aliphatic heterocycles. The summed E-state index contributed by atoms with van der Waals surface area (Å²) in [5.41, 5.74) is 6.67. The lowest BCUT2D eigenvalue weighted by Crippen LogP contribution is -2.41. The number of piperidine rings is 1. The smallest absolute Gasteiger partial charge is 0.410 e. The number of likely N-dealkylation sites (tertiary alicyclic amines) is 1. The number of hydrogen-bond donors (Lipinski definition) is 1. The minimum atomic E-state index is -0.503. The number of rotatable bonds is 1. The fourth-order valence-electron chi connectivity index (χ4n) is 3.02. The van der Waals surface area contributed by atoms with Crippen molar-refractivity contribution in [3.05, 3.63) is 29.7 Å². The minimum absolute atomic E-state index is 0.146. The van der Waals surface area contributed by atoms with Gasteiger partial charge in [-0.3, -0.25) is 0 Å².